The summed E-state index contributed by atoms with van der Waals surface area (Å²) in [5.74, 6) is 0. The maximum Gasteiger partial charge on any atom is 0.295 e. The van der Waals surface area contributed by atoms with Crippen LogP contribution < -0.4 is 5.32 Å². The van der Waals surface area contributed by atoms with Crippen LogP contribution in [-0.4, -0.2) is 14.9 Å². The lowest BCUT2D eigenvalue weighted by Gasteiger charge is -2.16. The van der Waals surface area contributed by atoms with Crippen LogP contribution >= 0.6 is 11.3 Å². The minimum Gasteiger partial charge on any atom is -0.376 e. The molecule has 1 atom stereocenters. The van der Waals surface area contributed by atoms with Gasteiger partial charge in [-0.25, -0.2) is 9.97 Å². The number of benzene rings is 1. The van der Waals surface area contributed by atoms with Crippen molar-refractivity contribution in [2.45, 2.75) is 33.2 Å². The first-order chi connectivity index (χ1) is 11.5. The van der Waals surface area contributed by atoms with E-state index in [2.05, 4.69) is 27.6 Å². The Kier molecular flexibility index (Phi) is 4.44. The van der Waals surface area contributed by atoms with E-state index in [4.69, 9.17) is 0 Å². The Labute approximate surface area is 143 Å². The molecule has 2 aromatic heterocycles. The first-order valence-corrected chi connectivity index (χ1v) is 8.63. The zero-order valence-corrected chi connectivity index (χ0v) is 14.6. The number of thiazole rings is 1. The van der Waals surface area contributed by atoms with Gasteiger partial charge in [-0.3, -0.25) is 10.1 Å². The molecule has 124 valence electrons. The quantitative estimate of drug-likeness (QED) is 0.539. The van der Waals surface area contributed by atoms with Crippen molar-refractivity contribution in [2.75, 3.05) is 5.32 Å². The van der Waals surface area contributed by atoms with Gasteiger partial charge in [0.1, 0.15) is 0 Å². The van der Waals surface area contributed by atoms with Gasteiger partial charge in [0, 0.05) is 28.2 Å². The van der Waals surface area contributed by atoms with Crippen LogP contribution in [0.2, 0.25) is 0 Å². The molecule has 0 fully saturated rings. The summed E-state index contributed by atoms with van der Waals surface area (Å²) in [7, 11) is 0. The number of hydrogen-bond acceptors (Lipinski definition) is 6. The number of nitrogens with zero attached hydrogens (tertiary/aromatic N) is 3. The van der Waals surface area contributed by atoms with Crippen molar-refractivity contribution < 1.29 is 4.92 Å². The molecule has 1 unspecified atom stereocenters. The fourth-order valence-electron chi connectivity index (χ4n) is 2.62. The third kappa shape index (κ3) is 3.07. The summed E-state index contributed by atoms with van der Waals surface area (Å²) in [6.45, 7) is 5.96. The van der Waals surface area contributed by atoms with E-state index in [0.29, 0.717) is 5.52 Å². The molecule has 2 heterocycles. The first-order valence-electron chi connectivity index (χ1n) is 7.75. The number of anilines is 1. The average molecular weight is 342 g/mol. The van der Waals surface area contributed by atoms with Crippen LogP contribution in [0.25, 0.3) is 10.9 Å². The third-order valence-corrected chi connectivity index (χ3v) is 4.84. The smallest absolute Gasteiger partial charge is 0.295 e. The van der Waals surface area contributed by atoms with E-state index in [-0.39, 0.29) is 11.7 Å². The molecule has 6 nitrogen and oxygen atoms in total. The molecular formula is C17H18N4O2S. The standard InChI is InChI=1S/C17H18N4O2S/c1-4-16-20-14(9-24-16)11(3)19-13-8-10(2)18-17-12(13)6-5-7-15(17)21(22)23/h5-9,11H,4H2,1-3H3,(H,18,19). The highest BCUT2D eigenvalue weighted by Crippen LogP contribution is 2.32. The summed E-state index contributed by atoms with van der Waals surface area (Å²) in [4.78, 5) is 19.8. The van der Waals surface area contributed by atoms with Gasteiger partial charge in [0.2, 0.25) is 0 Å². The molecule has 0 saturated carbocycles. The van der Waals surface area contributed by atoms with Gasteiger partial charge in [-0.15, -0.1) is 11.3 Å². The van der Waals surface area contributed by atoms with Crippen LogP contribution in [0, 0.1) is 17.0 Å². The second kappa shape index (κ2) is 6.52. The number of nitro benzene ring substituents is 1. The molecule has 3 rings (SSSR count). The number of para-hydroxylation sites is 1. The zero-order valence-electron chi connectivity index (χ0n) is 13.7. The largest absolute Gasteiger partial charge is 0.376 e. The second-order valence-electron chi connectivity index (χ2n) is 5.63. The molecule has 0 bridgehead atoms. The van der Waals surface area contributed by atoms with Crippen molar-refractivity contribution in [1.82, 2.24) is 9.97 Å². The van der Waals surface area contributed by atoms with Gasteiger partial charge in [0.15, 0.2) is 5.52 Å². The molecule has 0 aliphatic heterocycles. The number of aromatic nitrogens is 2. The lowest BCUT2D eigenvalue weighted by Crippen LogP contribution is -2.08. The van der Waals surface area contributed by atoms with Crippen LogP contribution in [0.4, 0.5) is 11.4 Å². The van der Waals surface area contributed by atoms with Gasteiger partial charge in [-0.05, 0) is 26.3 Å². The topological polar surface area (TPSA) is 81.0 Å². The molecular weight excluding hydrogens is 324 g/mol. The van der Waals surface area contributed by atoms with Gasteiger partial charge in [0.05, 0.1) is 21.7 Å². The number of fused-ring (bicyclic) bond motifs is 1. The van der Waals surface area contributed by atoms with E-state index in [1.165, 1.54) is 6.07 Å². The van der Waals surface area contributed by atoms with Gasteiger partial charge in [-0.1, -0.05) is 19.1 Å². The van der Waals surface area contributed by atoms with E-state index in [1.807, 2.05) is 26.0 Å². The van der Waals surface area contributed by atoms with E-state index in [0.717, 1.165) is 33.9 Å². The highest BCUT2D eigenvalue weighted by Gasteiger charge is 2.17. The maximum absolute atomic E-state index is 11.3. The summed E-state index contributed by atoms with van der Waals surface area (Å²) >= 11 is 1.65. The minimum absolute atomic E-state index is 0.00538. The molecule has 7 heteroatoms. The summed E-state index contributed by atoms with van der Waals surface area (Å²) < 4.78 is 0. The summed E-state index contributed by atoms with van der Waals surface area (Å²) in [6, 6.07) is 6.94. The predicted molar refractivity (Wildman–Crippen MR) is 96.7 cm³/mol. The maximum atomic E-state index is 11.3. The van der Waals surface area contributed by atoms with Crippen LogP contribution in [0.15, 0.2) is 29.6 Å². The molecule has 0 spiro atoms. The molecule has 0 radical (unpaired) electrons. The molecule has 24 heavy (non-hydrogen) atoms. The van der Waals surface area contributed by atoms with Crippen LogP contribution in [0.1, 0.15) is 36.3 Å². The van der Waals surface area contributed by atoms with E-state index >= 15 is 0 Å². The minimum atomic E-state index is -0.393. The Morgan fingerprint density at radius 1 is 1.38 bits per heavy atom. The number of non-ortho nitro benzene ring substituents is 1. The molecule has 0 amide bonds. The number of rotatable bonds is 5. The average Bonchev–Trinajstić information content (AvgIpc) is 3.03. The third-order valence-electron chi connectivity index (χ3n) is 3.83. The number of nitrogens with one attached hydrogen (secondary N) is 1. The van der Waals surface area contributed by atoms with Crippen LogP contribution in [0.3, 0.4) is 0 Å². The van der Waals surface area contributed by atoms with Crippen LogP contribution in [0.5, 0.6) is 0 Å². The first kappa shape index (κ1) is 16.3. The zero-order chi connectivity index (χ0) is 17.3. The lowest BCUT2D eigenvalue weighted by atomic mass is 10.1. The van der Waals surface area contributed by atoms with Gasteiger partial charge < -0.3 is 5.32 Å². The Bertz CT molecular complexity index is 907. The van der Waals surface area contributed by atoms with Crippen molar-refractivity contribution in [3.05, 3.63) is 56.2 Å². The Morgan fingerprint density at radius 2 is 2.17 bits per heavy atom. The Hall–Kier alpha value is -2.54. The SMILES string of the molecule is CCc1nc(C(C)Nc2cc(C)nc3c([N+](=O)[O-])cccc23)cs1. The fourth-order valence-corrected chi connectivity index (χ4v) is 3.46. The van der Waals surface area contributed by atoms with Crippen molar-refractivity contribution in [1.29, 1.82) is 0 Å². The number of nitro groups is 1. The summed E-state index contributed by atoms with van der Waals surface area (Å²) in [5, 5.41) is 18.6. The van der Waals surface area contributed by atoms with E-state index in [9.17, 15) is 10.1 Å². The second-order valence-corrected chi connectivity index (χ2v) is 6.57. The molecule has 0 saturated heterocycles. The van der Waals surface area contributed by atoms with Crippen molar-refractivity contribution in [3.8, 4) is 0 Å². The molecule has 1 aromatic carbocycles. The highest BCUT2D eigenvalue weighted by atomic mass is 32.1. The van der Waals surface area contributed by atoms with Crippen LogP contribution in [-0.2, 0) is 6.42 Å². The van der Waals surface area contributed by atoms with Crippen molar-refractivity contribution in [2.24, 2.45) is 0 Å². The lowest BCUT2D eigenvalue weighted by molar-refractivity contribution is -0.383. The number of aryl methyl sites for hydroxylation is 2. The monoisotopic (exact) mass is 342 g/mol. The Morgan fingerprint density at radius 3 is 2.83 bits per heavy atom. The van der Waals surface area contributed by atoms with Crippen molar-refractivity contribution >= 4 is 33.6 Å². The van der Waals surface area contributed by atoms with Gasteiger partial charge >= 0.3 is 0 Å². The molecule has 1 N–H and O–H groups in total. The number of pyridine rings is 1. The highest BCUT2D eigenvalue weighted by molar-refractivity contribution is 7.09. The predicted octanol–water partition coefficient (Wildman–Crippen LogP) is 4.64. The van der Waals surface area contributed by atoms with E-state index in [1.54, 1.807) is 17.4 Å². The van der Waals surface area contributed by atoms with E-state index < -0.39 is 4.92 Å². The summed E-state index contributed by atoms with van der Waals surface area (Å²) in [6.07, 6.45) is 0.918. The summed E-state index contributed by atoms with van der Waals surface area (Å²) in [5.41, 5.74) is 2.97. The Balaban J connectivity index is 2.02. The van der Waals surface area contributed by atoms with Gasteiger partial charge in [-0.2, -0.15) is 0 Å². The van der Waals surface area contributed by atoms with Gasteiger partial charge in [0.25, 0.3) is 5.69 Å². The molecule has 0 aliphatic carbocycles. The van der Waals surface area contributed by atoms with Crippen molar-refractivity contribution in [3.63, 3.8) is 0 Å². The number of hydrogen-bond donors (Lipinski definition) is 1. The normalized spacial score (nSPS) is 12.3. The molecule has 3 aromatic rings. The fraction of sp³-hybridized carbons (Fsp3) is 0.294. The molecule has 0 aliphatic rings.